The second-order valence-electron chi connectivity index (χ2n) is 11.5. The molecule has 0 radical (unpaired) electrons. The number of aliphatic imine (C=N–C) groups is 1. The molecule has 4 aromatic rings. The molecule has 2 aliphatic carbocycles. The smallest absolute Gasteiger partial charge is 0.433 e. The van der Waals surface area contributed by atoms with Crippen LogP contribution in [0.4, 0.5) is 10.7 Å². The zero-order chi connectivity index (χ0) is 30.3. The molecule has 0 bridgehead atoms. The number of hydrogen-bond acceptors (Lipinski definition) is 6. The maximum absolute atomic E-state index is 11.3. The van der Waals surface area contributed by atoms with Gasteiger partial charge in [0.15, 0.2) is 17.3 Å². The lowest BCUT2D eigenvalue weighted by Crippen LogP contribution is -2.25. The fourth-order valence-corrected chi connectivity index (χ4v) is 6.57. The number of anilines is 1. The molecule has 1 spiro atoms. The number of imidazole rings is 1. The van der Waals surface area contributed by atoms with Crippen molar-refractivity contribution in [3.05, 3.63) is 71.0 Å². The van der Waals surface area contributed by atoms with E-state index in [9.17, 15) is 15.0 Å². The lowest BCUT2D eigenvalue weighted by atomic mass is 9.79. The van der Waals surface area contributed by atoms with Gasteiger partial charge in [0.2, 0.25) is 5.95 Å². The second-order valence-corrected chi connectivity index (χ2v) is 11.9. The Bertz CT molecular complexity index is 1750. The summed E-state index contributed by atoms with van der Waals surface area (Å²) in [5.41, 5.74) is 9.16. The van der Waals surface area contributed by atoms with E-state index in [2.05, 4.69) is 25.8 Å². The number of carboxylic acid groups (broad SMARTS) is 1. The summed E-state index contributed by atoms with van der Waals surface area (Å²) in [7, 11) is 0. The first kappa shape index (κ1) is 28.6. The molecule has 2 aromatic carbocycles. The molecule has 3 atom stereocenters. The van der Waals surface area contributed by atoms with Crippen LogP contribution in [0.1, 0.15) is 62.5 Å². The van der Waals surface area contributed by atoms with Crippen molar-refractivity contribution in [3.63, 3.8) is 0 Å². The Balaban J connectivity index is 1.57. The maximum atomic E-state index is 11.3. The number of halogens is 1. The van der Waals surface area contributed by atoms with E-state index in [4.69, 9.17) is 33.7 Å². The predicted molar refractivity (Wildman–Crippen MR) is 166 cm³/mol. The lowest BCUT2D eigenvalue weighted by Gasteiger charge is -2.28. The van der Waals surface area contributed by atoms with Crippen molar-refractivity contribution in [2.45, 2.75) is 57.2 Å². The van der Waals surface area contributed by atoms with Crippen LogP contribution in [0.5, 0.6) is 0 Å². The van der Waals surface area contributed by atoms with Crippen LogP contribution in [0.15, 0.2) is 59.6 Å². The minimum absolute atomic E-state index is 0.0541. The van der Waals surface area contributed by atoms with E-state index in [0.29, 0.717) is 33.4 Å². The summed E-state index contributed by atoms with van der Waals surface area (Å²) >= 11 is 6.40. The summed E-state index contributed by atoms with van der Waals surface area (Å²) in [5.74, 6) is 3.33. The average molecular weight is 598 g/mol. The van der Waals surface area contributed by atoms with Gasteiger partial charge in [-0.25, -0.2) is 14.8 Å². The number of aliphatic hydroxyl groups is 1. The summed E-state index contributed by atoms with van der Waals surface area (Å²) in [6.07, 6.45) is 8.41. The predicted octanol–water partition coefficient (Wildman–Crippen LogP) is 5.82. The number of aliphatic hydroxyl groups excluding tert-OH is 1. The Labute approximate surface area is 254 Å². The third-order valence-electron chi connectivity index (χ3n) is 8.69. The van der Waals surface area contributed by atoms with Gasteiger partial charge in [0, 0.05) is 22.5 Å². The summed E-state index contributed by atoms with van der Waals surface area (Å²) in [5, 5.41) is 24.1. The highest BCUT2D eigenvalue weighted by Crippen LogP contribution is 2.66. The minimum Gasteiger partial charge on any atom is -0.463 e. The van der Waals surface area contributed by atoms with Gasteiger partial charge in [0.1, 0.15) is 11.2 Å². The van der Waals surface area contributed by atoms with Gasteiger partial charge in [-0.1, -0.05) is 54.1 Å². The average Bonchev–Trinajstić information content (AvgIpc) is 3.54. The minimum atomic E-state index is -1.46. The topological polar surface area (TPSA) is 152 Å². The molecule has 0 saturated heterocycles. The Hall–Kier alpha value is -4.46. The zero-order valence-corrected chi connectivity index (χ0v) is 24.4. The van der Waals surface area contributed by atoms with E-state index in [1.807, 2.05) is 42.5 Å². The molecule has 0 aliphatic heterocycles. The van der Waals surface area contributed by atoms with Crippen LogP contribution in [-0.4, -0.2) is 47.8 Å². The van der Waals surface area contributed by atoms with E-state index in [-0.39, 0.29) is 29.0 Å². The molecular weight excluding hydrogens is 566 g/mol. The number of rotatable bonds is 7. The van der Waals surface area contributed by atoms with Gasteiger partial charge < -0.3 is 25.8 Å². The molecule has 2 fully saturated rings. The summed E-state index contributed by atoms with van der Waals surface area (Å²) in [4.78, 5) is 29.0. The van der Waals surface area contributed by atoms with Crippen molar-refractivity contribution < 1.29 is 15.0 Å². The van der Waals surface area contributed by atoms with Crippen molar-refractivity contribution in [2.24, 2.45) is 22.1 Å². The highest BCUT2D eigenvalue weighted by molar-refractivity contribution is 6.30. The van der Waals surface area contributed by atoms with Gasteiger partial charge in [0.25, 0.3) is 0 Å². The molecule has 2 aromatic heterocycles. The van der Waals surface area contributed by atoms with Crippen LogP contribution < -0.4 is 11.1 Å². The molecule has 11 heteroatoms. The lowest BCUT2D eigenvalue weighted by molar-refractivity contribution is 0.171. The molecule has 10 nitrogen and oxygen atoms in total. The zero-order valence-electron chi connectivity index (χ0n) is 23.6. The van der Waals surface area contributed by atoms with E-state index in [1.165, 1.54) is 0 Å². The van der Waals surface area contributed by atoms with Crippen molar-refractivity contribution >= 4 is 40.6 Å². The van der Waals surface area contributed by atoms with Gasteiger partial charge in [0.05, 0.1) is 12.1 Å². The highest BCUT2D eigenvalue weighted by Gasteiger charge is 2.57. The highest BCUT2D eigenvalue weighted by atomic mass is 35.5. The summed E-state index contributed by atoms with van der Waals surface area (Å²) < 4.78 is 2.15. The normalized spacial score (nSPS) is 23.1. The number of benzene rings is 2. The van der Waals surface area contributed by atoms with Gasteiger partial charge in [-0.2, -0.15) is 9.98 Å². The fraction of sp³-hybridized carbons (Fsp3) is 0.344. The summed E-state index contributed by atoms with van der Waals surface area (Å²) in [6, 6.07) is 16.5. The number of aromatic nitrogens is 4. The molecule has 43 heavy (non-hydrogen) atoms. The Morgan fingerprint density at radius 1 is 1.19 bits per heavy atom. The van der Waals surface area contributed by atoms with E-state index < -0.39 is 18.2 Å². The third-order valence-corrected chi connectivity index (χ3v) is 8.93. The van der Waals surface area contributed by atoms with Gasteiger partial charge in [-0.15, -0.1) is 12.3 Å². The molecule has 2 heterocycles. The Morgan fingerprint density at radius 2 is 1.93 bits per heavy atom. The van der Waals surface area contributed by atoms with Gasteiger partial charge >= 0.3 is 6.09 Å². The summed E-state index contributed by atoms with van der Waals surface area (Å²) in [6.45, 7) is 1.73. The number of hydrogen-bond donors (Lipinski definition) is 4. The maximum Gasteiger partial charge on any atom is 0.433 e. The van der Waals surface area contributed by atoms with Gasteiger partial charge in [-0.3, -0.25) is 0 Å². The van der Waals surface area contributed by atoms with Crippen molar-refractivity contribution in [1.29, 1.82) is 0 Å². The van der Waals surface area contributed by atoms with E-state index in [0.717, 1.165) is 37.7 Å². The fourth-order valence-electron chi connectivity index (χ4n) is 6.38. The van der Waals surface area contributed by atoms with Crippen LogP contribution in [0.25, 0.3) is 22.4 Å². The molecule has 220 valence electrons. The van der Waals surface area contributed by atoms with Crippen LogP contribution in [0.3, 0.4) is 0 Å². The number of fused-ring (bicyclic) bond motifs is 1. The van der Waals surface area contributed by atoms with E-state index >= 15 is 0 Å². The molecular formula is C32H32ClN7O3. The number of amidine groups is 1. The number of nitrogens with zero attached hydrogens (tertiary/aromatic N) is 5. The SMILES string of the molecule is C#CC1CCC2(CC1)C[C@H]2n1c(N[C@H](c2ccccc2)[C@H](C)O)nc2nc(/C(N)=N/C(=O)O)nc(-c3cccc(Cl)c3)c21. The standard InChI is InChI=1S/C32H32ClN7O3/c1-3-19-12-14-32(15-13-19)17-23(32)40-26-25(21-10-7-11-22(33)16-21)35-29(27(34)37-31(42)43)38-28(26)39-30(40)36-24(18(2)41)20-8-5-4-6-9-20/h1,4-11,16,18-19,23-24,41H,12-15,17H2,2H3,(H2,34,37)(H,42,43)(H,35,36,38,39)/t18-,19?,23+,24-,32?/m0/s1. The molecule has 2 aliphatic rings. The number of carbonyl (C=O) groups is 1. The number of amides is 1. The Kier molecular flexibility index (Phi) is 7.54. The van der Waals surface area contributed by atoms with Crippen LogP contribution in [-0.2, 0) is 0 Å². The van der Waals surface area contributed by atoms with Crippen molar-refractivity contribution in [1.82, 2.24) is 19.5 Å². The first-order valence-electron chi connectivity index (χ1n) is 14.3. The first-order chi connectivity index (χ1) is 20.7. The molecule has 0 unspecified atom stereocenters. The van der Waals surface area contributed by atoms with Crippen LogP contribution >= 0.6 is 11.6 Å². The second kappa shape index (κ2) is 11.3. The third kappa shape index (κ3) is 5.54. The monoisotopic (exact) mass is 597 g/mol. The van der Waals surface area contributed by atoms with E-state index in [1.54, 1.807) is 19.1 Å². The Morgan fingerprint density at radius 3 is 2.58 bits per heavy atom. The molecule has 1 amide bonds. The molecule has 2 saturated carbocycles. The van der Waals surface area contributed by atoms with Crippen molar-refractivity contribution in [3.8, 4) is 23.6 Å². The molecule has 6 rings (SSSR count). The van der Waals surface area contributed by atoms with Crippen LogP contribution in [0, 0.1) is 23.7 Å². The van der Waals surface area contributed by atoms with Gasteiger partial charge in [-0.05, 0) is 62.1 Å². The number of nitrogens with two attached hydrogens (primary N) is 1. The van der Waals surface area contributed by atoms with Crippen LogP contribution in [0.2, 0.25) is 5.02 Å². The number of terminal acetylenes is 1. The van der Waals surface area contributed by atoms with Crippen molar-refractivity contribution in [2.75, 3.05) is 5.32 Å². The quantitative estimate of drug-likeness (QED) is 0.118. The largest absolute Gasteiger partial charge is 0.463 e. The number of nitrogens with one attached hydrogen (secondary N) is 1. The first-order valence-corrected chi connectivity index (χ1v) is 14.7. The molecule has 5 N–H and O–H groups in total.